The van der Waals surface area contributed by atoms with E-state index >= 15 is 0 Å². The van der Waals surface area contributed by atoms with Crippen LogP contribution in [0.4, 0.5) is 0 Å². The molecule has 5 heteroatoms. The molecule has 1 unspecified atom stereocenters. The van der Waals surface area contributed by atoms with Gasteiger partial charge in [0, 0.05) is 25.9 Å². The second-order valence-corrected chi connectivity index (χ2v) is 4.52. The zero-order valence-electron chi connectivity index (χ0n) is 10.5. The Labute approximate surface area is 103 Å². The van der Waals surface area contributed by atoms with Gasteiger partial charge >= 0.3 is 0 Å². The number of nitrogens with one attached hydrogen (secondary N) is 1. The van der Waals surface area contributed by atoms with Crippen LogP contribution < -0.4 is 5.32 Å². The van der Waals surface area contributed by atoms with Gasteiger partial charge < -0.3 is 14.8 Å². The molecule has 0 bridgehead atoms. The lowest BCUT2D eigenvalue weighted by molar-refractivity contribution is -0.130. The van der Waals surface area contributed by atoms with Gasteiger partial charge in [0.2, 0.25) is 5.91 Å². The fraction of sp³-hybridized carbons (Fsp3) is 0.909. The standard InChI is InChI=1S/C11H23NO3S/c1-8(2)5-9(7-16)11(13)12-6-10(14-3)15-4/h8-10,16H,5-7H2,1-4H3,(H,12,13). The van der Waals surface area contributed by atoms with Gasteiger partial charge in [0.15, 0.2) is 6.29 Å². The number of hydrogen-bond donors (Lipinski definition) is 2. The number of rotatable bonds is 8. The van der Waals surface area contributed by atoms with E-state index < -0.39 is 0 Å². The number of hydrogen-bond acceptors (Lipinski definition) is 4. The zero-order valence-corrected chi connectivity index (χ0v) is 11.4. The molecule has 4 nitrogen and oxygen atoms in total. The molecule has 1 amide bonds. The van der Waals surface area contributed by atoms with Crippen molar-refractivity contribution in [1.29, 1.82) is 0 Å². The molecule has 0 aliphatic carbocycles. The monoisotopic (exact) mass is 249 g/mol. The largest absolute Gasteiger partial charge is 0.354 e. The molecule has 0 aromatic heterocycles. The summed E-state index contributed by atoms with van der Waals surface area (Å²) >= 11 is 4.20. The van der Waals surface area contributed by atoms with E-state index in [0.717, 1.165) is 6.42 Å². The Balaban J connectivity index is 4.01. The molecule has 1 atom stereocenters. The van der Waals surface area contributed by atoms with Crippen LogP contribution >= 0.6 is 12.6 Å². The van der Waals surface area contributed by atoms with Crippen molar-refractivity contribution >= 4 is 18.5 Å². The highest BCUT2D eigenvalue weighted by molar-refractivity contribution is 7.80. The fourth-order valence-corrected chi connectivity index (χ4v) is 1.74. The van der Waals surface area contributed by atoms with Crippen LogP contribution in [0.1, 0.15) is 20.3 Å². The molecule has 0 aromatic carbocycles. The second kappa shape index (κ2) is 8.84. The molecular weight excluding hydrogens is 226 g/mol. The van der Waals surface area contributed by atoms with E-state index in [1.165, 1.54) is 0 Å². The lowest BCUT2D eigenvalue weighted by atomic mass is 9.98. The molecule has 0 rings (SSSR count). The van der Waals surface area contributed by atoms with Crippen LogP contribution in [0.5, 0.6) is 0 Å². The highest BCUT2D eigenvalue weighted by atomic mass is 32.1. The van der Waals surface area contributed by atoms with Crippen molar-refractivity contribution in [2.75, 3.05) is 26.5 Å². The summed E-state index contributed by atoms with van der Waals surface area (Å²) < 4.78 is 9.98. The van der Waals surface area contributed by atoms with Crippen molar-refractivity contribution in [1.82, 2.24) is 5.32 Å². The third-order valence-electron chi connectivity index (χ3n) is 2.32. The number of carbonyl (C=O) groups excluding carboxylic acids is 1. The smallest absolute Gasteiger partial charge is 0.224 e. The third-order valence-corrected chi connectivity index (χ3v) is 2.76. The van der Waals surface area contributed by atoms with Crippen molar-refractivity contribution in [3.8, 4) is 0 Å². The topological polar surface area (TPSA) is 47.6 Å². The van der Waals surface area contributed by atoms with Crippen molar-refractivity contribution in [3.63, 3.8) is 0 Å². The number of amides is 1. The predicted molar refractivity (Wildman–Crippen MR) is 67.6 cm³/mol. The summed E-state index contributed by atoms with van der Waals surface area (Å²) in [4.78, 5) is 11.8. The lowest BCUT2D eigenvalue weighted by Gasteiger charge is -2.19. The highest BCUT2D eigenvalue weighted by Crippen LogP contribution is 2.13. The van der Waals surface area contributed by atoms with Gasteiger partial charge in [-0.2, -0.15) is 12.6 Å². The second-order valence-electron chi connectivity index (χ2n) is 4.16. The molecule has 16 heavy (non-hydrogen) atoms. The van der Waals surface area contributed by atoms with Crippen molar-refractivity contribution < 1.29 is 14.3 Å². The van der Waals surface area contributed by atoms with Crippen molar-refractivity contribution in [3.05, 3.63) is 0 Å². The quantitative estimate of drug-likeness (QED) is 0.504. The Morgan fingerprint density at radius 2 is 1.88 bits per heavy atom. The lowest BCUT2D eigenvalue weighted by Crippen LogP contribution is -2.38. The number of ether oxygens (including phenoxy) is 2. The first-order valence-corrected chi connectivity index (χ1v) is 6.12. The summed E-state index contributed by atoms with van der Waals surface area (Å²) in [5.74, 6) is 1.03. The normalized spacial score (nSPS) is 13.2. The van der Waals surface area contributed by atoms with E-state index in [1.807, 2.05) is 0 Å². The van der Waals surface area contributed by atoms with E-state index in [1.54, 1.807) is 14.2 Å². The Hall–Kier alpha value is -0.260. The van der Waals surface area contributed by atoms with E-state index in [0.29, 0.717) is 18.2 Å². The fourth-order valence-electron chi connectivity index (χ4n) is 1.42. The summed E-state index contributed by atoms with van der Waals surface area (Å²) in [7, 11) is 3.09. The van der Waals surface area contributed by atoms with Crippen molar-refractivity contribution in [2.24, 2.45) is 11.8 Å². The maximum atomic E-state index is 11.8. The summed E-state index contributed by atoms with van der Waals surface area (Å²) in [5, 5.41) is 2.80. The molecule has 0 spiro atoms. The van der Waals surface area contributed by atoms with Crippen LogP contribution in [-0.2, 0) is 14.3 Å². The van der Waals surface area contributed by atoms with Crippen LogP contribution in [0, 0.1) is 11.8 Å². The highest BCUT2D eigenvalue weighted by Gasteiger charge is 2.19. The van der Waals surface area contributed by atoms with Gasteiger partial charge in [0.1, 0.15) is 0 Å². The molecule has 0 saturated carbocycles. The molecule has 0 saturated heterocycles. The van der Waals surface area contributed by atoms with Crippen LogP contribution in [0.15, 0.2) is 0 Å². The molecule has 1 N–H and O–H groups in total. The van der Waals surface area contributed by atoms with Crippen molar-refractivity contribution in [2.45, 2.75) is 26.6 Å². The minimum absolute atomic E-state index is 0.0165. The SMILES string of the molecule is COC(CNC(=O)C(CS)CC(C)C)OC. The first-order valence-electron chi connectivity index (χ1n) is 5.49. The molecule has 0 fully saturated rings. The molecule has 0 aromatic rings. The molecule has 0 radical (unpaired) electrons. The minimum Gasteiger partial charge on any atom is -0.354 e. The molecule has 0 aliphatic heterocycles. The number of methoxy groups -OCH3 is 2. The molecule has 96 valence electrons. The van der Waals surface area contributed by atoms with E-state index in [-0.39, 0.29) is 18.1 Å². The van der Waals surface area contributed by atoms with Crippen LogP contribution in [0.2, 0.25) is 0 Å². The molecule has 0 aliphatic rings. The average molecular weight is 249 g/mol. The van der Waals surface area contributed by atoms with E-state index in [2.05, 4.69) is 31.8 Å². The van der Waals surface area contributed by atoms with Crippen LogP contribution in [0.3, 0.4) is 0 Å². The van der Waals surface area contributed by atoms with Crippen LogP contribution in [-0.4, -0.2) is 38.7 Å². The Morgan fingerprint density at radius 3 is 2.25 bits per heavy atom. The van der Waals surface area contributed by atoms with Gasteiger partial charge in [-0.15, -0.1) is 0 Å². The first-order chi connectivity index (χ1) is 7.54. The first kappa shape index (κ1) is 15.7. The van der Waals surface area contributed by atoms with Gasteiger partial charge in [-0.05, 0) is 12.3 Å². The van der Waals surface area contributed by atoms with E-state index in [9.17, 15) is 4.79 Å². The summed E-state index contributed by atoms with van der Waals surface area (Å²) in [6.45, 7) is 4.56. The summed E-state index contributed by atoms with van der Waals surface area (Å²) in [6, 6.07) is 0. The van der Waals surface area contributed by atoms with Gasteiger partial charge in [0.05, 0.1) is 6.54 Å². The summed E-state index contributed by atoms with van der Waals surface area (Å²) in [5.41, 5.74) is 0. The third kappa shape index (κ3) is 6.35. The number of carbonyl (C=O) groups is 1. The van der Waals surface area contributed by atoms with Gasteiger partial charge in [-0.3, -0.25) is 4.79 Å². The molecular formula is C11H23NO3S. The van der Waals surface area contributed by atoms with E-state index in [4.69, 9.17) is 9.47 Å². The predicted octanol–water partition coefficient (Wildman–Crippen LogP) is 1.31. The van der Waals surface area contributed by atoms with Gasteiger partial charge in [-0.25, -0.2) is 0 Å². The summed E-state index contributed by atoms with van der Waals surface area (Å²) in [6.07, 6.45) is 0.462. The maximum Gasteiger partial charge on any atom is 0.224 e. The average Bonchev–Trinajstić information content (AvgIpc) is 2.26. The minimum atomic E-state index is -0.386. The number of thiol groups is 1. The van der Waals surface area contributed by atoms with Crippen LogP contribution in [0.25, 0.3) is 0 Å². The maximum absolute atomic E-state index is 11.8. The Kier molecular flexibility index (Phi) is 8.70. The zero-order chi connectivity index (χ0) is 12.6. The molecule has 0 heterocycles. The van der Waals surface area contributed by atoms with Gasteiger partial charge in [0.25, 0.3) is 0 Å². The van der Waals surface area contributed by atoms with Gasteiger partial charge in [-0.1, -0.05) is 13.8 Å². The Bertz CT molecular complexity index is 196. The Morgan fingerprint density at radius 1 is 1.31 bits per heavy atom.